The van der Waals surface area contributed by atoms with Gasteiger partial charge in [-0.05, 0) is 31.9 Å². The summed E-state index contributed by atoms with van der Waals surface area (Å²) in [4.78, 5) is 1.35. The number of benzene rings is 1. The number of halogens is 1. The van der Waals surface area contributed by atoms with Crippen molar-refractivity contribution in [3.8, 4) is 0 Å². The van der Waals surface area contributed by atoms with E-state index in [4.69, 9.17) is 11.6 Å². The molecule has 2 atom stereocenters. The summed E-state index contributed by atoms with van der Waals surface area (Å²) in [6.07, 6.45) is 3.75. The lowest BCUT2D eigenvalue weighted by atomic mass is 10.2. The minimum Gasteiger partial charge on any atom is -0.122 e. The number of hydrogen-bond donors (Lipinski definition) is 0. The molecule has 1 fully saturated rings. The topological polar surface area (TPSA) is 0 Å². The van der Waals surface area contributed by atoms with Crippen molar-refractivity contribution in [3.05, 3.63) is 29.8 Å². The Kier molecular flexibility index (Phi) is 3.40. The van der Waals surface area contributed by atoms with Crippen LogP contribution in [0.3, 0.4) is 0 Å². The van der Waals surface area contributed by atoms with Gasteiger partial charge in [0.25, 0.3) is 0 Å². The molecule has 76 valence electrons. The molecule has 0 saturated heterocycles. The molecule has 0 heterocycles. The zero-order chi connectivity index (χ0) is 9.97. The van der Waals surface area contributed by atoms with Crippen LogP contribution in [0.5, 0.6) is 0 Å². The molecule has 1 aliphatic rings. The largest absolute Gasteiger partial charge is 0.122 e. The van der Waals surface area contributed by atoms with Crippen molar-refractivity contribution in [2.45, 2.75) is 41.7 Å². The molecule has 0 amide bonds. The molecule has 2 rings (SSSR count). The Balaban J connectivity index is 2.00. The maximum absolute atomic E-state index is 6.24. The second-order valence-corrected chi connectivity index (χ2v) is 5.79. The van der Waals surface area contributed by atoms with E-state index in [1.807, 2.05) is 11.8 Å². The van der Waals surface area contributed by atoms with Crippen LogP contribution in [0.2, 0.25) is 0 Å². The van der Waals surface area contributed by atoms with Gasteiger partial charge in [0.15, 0.2) is 0 Å². The molecule has 1 saturated carbocycles. The Morgan fingerprint density at radius 3 is 2.50 bits per heavy atom. The fourth-order valence-electron chi connectivity index (χ4n) is 1.81. The van der Waals surface area contributed by atoms with E-state index in [0.717, 1.165) is 0 Å². The lowest BCUT2D eigenvalue weighted by Crippen LogP contribution is -2.08. The number of hydrogen-bond acceptors (Lipinski definition) is 1. The highest BCUT2D eigenvalue weighted by Gasteiger charge is 2.25. The minimum absolute atomic E-state index is 0.376. The summed E-state index contributed by atoms with van der Waals surface area (Å²) in [6.45, 7) is 2.12. The van der Waals surface area contributed by atoms with Crippen molar-refractivity contribution in [1.82, 2.24) is 0 Å². The highest BCUT2D eigenvalue weighted by molar-refractivity contribution is 8.00. The predicted octanol–water partition coefficient (Wildman–Crippen LogP) is 4.25. The van der Waals surface area contributed by atoms with Crippen LogP contribution in [0.4, 0.5) is 0 Å². The van der Waals surface area contributed by atoms with Gasteiger partial charge in [-0.3, -0.25) is 0 Å². The first kappa shape index (κ1) is 10.4. The summed E-state index contributed by atoms with van der Waals surface area (Å²) in [7, 11) is 0. The van der Waals surface area contributed by atoms with Crippen LogP contribution < -0.4 is 0 Å². The highest BCUT2D eigenvalue weighted by atomic mass is 35.5. The molecule has 0 aromatic heterocycles. The molecule has 0 bridgehead atoms. The molecule has 0 spiro atoms. The molecular weight excluding hydrogens is 212 g/mol. The summed E-state index contributed by atoms with van der Waals surface area (Å²) in [5, 5.41) is 1.00. The fraction of sp³-hybridized carbons (Fsp3) is 0.500. The third-order valence-electron chi connectivity index (χ3n) is 2.68. The van der Waals surface area contributed by atoms with Crippen molar-refractivity contribution < 1.29 is 0 Å². The van der Waals surface area contributed by atoms with Gasteiger partial charge in [-0.25, -0.2) is 0 Å². The molecule has 1 aromatic carbocycles. The SMILES string of the molecule is Cc1ccc(S[C@H]2CCC[C@H]2Cl)cc1. The summed E-state index contributed by atoms with van der Waals surface area (Å²) in [5.41, 5.74) is 1.32. The van der Waals surface area contributed by atoms with Gasteiger partial charge >= 0.3 is 0 Å². The van der Waals surface area contributed by atoms with Gasteiger partial charge in [-0.1, -0.05) is 24.1 Å². The Labute approximate surface area is 95.0 Å². The average Bonchev–Trinajstić information content (AvgIpc) is 2.56. The van der Waals surface area contributed by atoms with E-state index in [0.29, 0.717) is 10.6 Å². The molecule has 0 radical (unpaired) electrons. The number of aryl methyl sites for hydroxylation is 1. The van der Waals surface area contributed by atoms with Crippen molar-refractivity contribution in [2.24, 2.45) is 0 Å². The zero-order valence-corrected chi connectivity index (χ0v) is 9.94. The Bertz CT molecular complexity index is 294. The lowest BCUT2D eigenvalue weighted by molar-refractivity contribution is 0.888. The second kappa shape index (κ2) is 4.59. The maximum Gasteiger partial charge on any atom is 0.0458 e. The smallest absolute Gasteiger partial charge is 0.0458 e. The minimum atomic E-state index is 0.376. The van der Waals surface area contributed by atoms with Crippen molar-refractivity contribution in [2.75, 3.05) is 0 Å². The first-order valence-electron chi connectivity index (χ1n) is 5.13. The molecule has 0 unspecified atom stereocenters. The van der Waals surface area contributed by atoms with Gasteiger partial charge in [0, 0.05) is 15.5 Å². The molecule has 1 aliphatic carbocycles. The van der Waals surface area contributed by atoms with E-state index in [1.54, 1.807) is 0 Å². The fourth-order valence-corrected chi connectivity index (χ4v) is 3.45. The van der Waals surface area contributed by atoms with Crippen LogP contribution >= 0.6 is 23.4 Å². The van der Waals surface area contributed by atoms with E-state index < -0.39 is 0 Å². The van der Waals surface area contributed by atoms with Crippen LogP contribution in [0, 0.1) is 6.92 Å². The summed E-state index contributed by atoms with van der Waals surface area (Å²) in [5.74, 6) is 0. The van der Waals surface area contributed by atoms with Crippen molar-refractivity contribution >= 4 is 23.4 Å². The zero-order valence-electron chi connectivity index (χ0n) is 8.37. The summed E-state index contributed by atoms with van der Waals surface area (Å²) >= 11 is 8.17. The van der Waals surface area contributed by atoms with Gasteiger partial charge in [0.2, 0.25) is 0 Å². The van der Waals surface area contributed by atoms with E-state index in [1.165, 1.54) is 29.7 Å². The van der Waals surface area contributed by atoms with Crippen LogP contribution in [0.15, 0.2) is 29.2 Å². The predicted molar refractivity (Wildman–Crippen MR) is 64.3 cm³/mol. The van der Waals surface area contributed by atoms with Gasteiger partial charge in [-0.15, -0.1) is 23.4 Å². The Hall–Kier alpha value is -0.140. The summed E-state index contributed by atoms with van der Waals surface area (Å²) in [6, 6.07) is 8.73. The number of rotatable bonds is 2. The molecule has 14 heavy (non-hydrogen) atoms. The Morgan fingerprint density at radius 1 is 1.21 bits per heavy atom. The molecular formula is C12H15ClS. The van der Waals surface area contributed by atoms with Gasteiger partial charge < -0.3 is 0 Å². The second-order valence-electron chi connectivity index (χ2n) is 3.92. The molecule has 0 N–H and O–H groups in total. The summed E-state index contributed by atoms with van der Waals surface area (Å²) < 4.78 is 0. The average molecular weight is 227 g/mol. The standard InChI is InChI=1S/C12H15ClS/c1-9-5-7-10(8-6-9)14-12-4-2-3-11(12)13/h5-8,11-12H,2-4H2,1H3/t11-,12+/m1/s1. The highest BCUT2D eigenvalue weighted by Crippen LogP contribution is 2.37. The molecule has 0 nitrogen and oxygen atoms in total. The third-order valence-corrected chi connectivity index (χ3v) is 4.76. The van der Waals surface area contributed by atoms with Gasteiger partial charge in [-0.2, -0.15) is 0 Å². The molecule has 1 aromatic rings. The first-order valence-corrected chi connectivity index (χ1v) is 6.45. The number of thioether (sulfide) groups is 1. The monoisotopic (exact) mass is 226 g/mol. The molecule has 0 aliphatic heterocycles. The van der Waals surface area contributed by atoms with Gasteiger partial charge in [0.1, 0.15) is 0 Å². The van der Waals surface area contributed by atoms with E-state index in [9.17, 15) is 0 Å². The quantitative estimate of drug-likeness (QED) is 0.680. The van der Waals surface area contributed by atoms with Crippen molar-refractivity contribution in [3.63, 3.8) is 0 Å². The van der Waals surface area contributed by atoms with Crippen molar-refractivity contribution in [1.29, 1.82) is 0 Å². The van der Waals surface area contributed by atoms with Crippen LogP contribution in [-0.2, 0) is 0 Å². The van der Waals surface area contributed by atoms with Crippen LogP contribution in [0.25, 0.3) is 0 Å². The third kappa shape index (κ3) is 2.46. The van der Waals surface area contributed by atoms with E-state index in [-0.39, 0.29) is 0 Å². The number of alkyl halides is 1. The lowest BCUT2D eigenvalue weighted by Gasteiger charge is -2.12. The Morgan fingerprint density at radius 2 is 1.93 bits per heavy atom. The molecule has 2 heteroatoms. The van der Waals surface area contributed by atoms with Gasteiger partial charge in [0.05, 0.1) is 0 Å². The maximum atomic E-state index is 6.24. The van der Waals surface area contributed by atoms with Crippen LogP contribution in [0.1, 0.15) is 24.8 Å². The normalized spacial score (nSPS) is 26.7. The van der Waals surface area contributed by atoms with E-state index >= 15 is 0 Å². The first-order chi connectivity index (χ1) is 6.75. The van der Waals surface area contributed by atoms with Crippen LogP contribution in [-0.4, -0.2) is 10.6 Å². The van der Waals surface area contributed by atoms with E-state index in [2.05, 4.69) is 31.2 Å².